The van der Waals surface area contributed by atoms with Crippen molar-refractivity contribution in [1.29, 1.82) is 5.26 Å². The van der Waals surface area contributed by atoms with Gasteiger partial charge in [-0.15, -0.1) is 0 Å². The number of nitriles is 1. The Morgan fingerprint density at radius 1 is 1.35 bits per heavy atom. The Hall–Kier alpha value is -2.64. The summed E-state index contributed by atoms with van der Waals surface area (Å²) in [7, 11) is 0. The Morgan fingerprint density at radius 2 is 2.09 bits per heavy atom. The van der Waals surface area contributed by atoms with E-state index < -0.39 is 0 Å². The average Bonchev–Trinajstić information content (AvgIpc) is 2.85. The van der Waals surface area contributed by atoms with Crippen molar-refractivity contribution in [2.75, 3.05) is 0 Å². The molecule has 2 aliphatic heterocycles. The van der Waals surface area contributed by atoms with Crippen LogP contribution in [0.1, 0.15) is 21.6 Å². The van der Waals surface area contributed by atoms with Crippen molar-refractivity contribution in [3.05, 3.63) is 64.4 Å². The molecule has 0 bridgehead atoms. The summed E-state index contributed by atoms with van der Waals surface area (Å²) in [5.74, 6) is 0.670. The van der Waals surface area contributed by atoms with Crippen LogP contribution < -0.4 is 0 Å². The van der Waals surface area contributed by atoms with Crippen LogP contribution >= 0.6 is 11.6 Å². The molecule has 0 aliphatic carbocycles. The van der Waals surface area contributed by atoms with Gasteiger partial charge in [-0.2, -0.15) is 5.26 Å². The van der Waals surface area contributed by atoms with Crippen LogP contribution in [0.15, 0.2) is 42.6 Å². The summed E-state index contributed by atoms with van der Waals surface area (Å²) in [6, 6.07) is 13.1. The summed E-state index contributed by atoms with van der Waals surface area (Å²) in [5, 5.41) is 9.50. The molecule has 0 spiro atoms. The van der Waals surface area contributed by atoms with Crippen molar-refractivity contribution in [1.82, 2.24) is 9.55 Å². The predicted octanol–water partition coefficient (Wildman–Crippen LogP) is 3.90. The van der Waals surface area contributed by atoms with Gasteiger partial charge in [-0.25, -0.2) is 4.98 Å². The molecule has 2 aliphatic rings. The van der Waals surface area contributed by atoms with Gasteiger partial charge in [0, 0.05) is 23.0 Å². The zero-order valence-corrected chi connectivity index (χ0v) is 13.3. The highest BCUT2D eigenvalue weighted by molar-refractivity contribution is 6.30. The Balaban J connectivity index is 2.01. The number of hydrogen-bond acceptors (Lipinski definition) is 3. The van der Waals surface area contributed by atoms with E-state index in [1.54, 1.807) is 29.0 Å². The summed E-state index contributed by atoms with van der Waals surface area (Å²) in [6.07, 6.45) is 1.97. The van der Waals surface area contributed by atoms with E-state index in [0.29, 0.717) is 16.4 Å². The van der Waals surface area contributed by atoms with Crippen LogP contribution in [0.2, 0.25) is 5.02 Å². The molecule has 0 N–H and O–H groups in total. The maximum absolute atomic E-state index is 12.4. The van der Waals surface area contributed by atoms with E-state index in [2.05, 4.69) is 11.1 Å². The van der Waals surface area contributed by atoms with Crippen LogP contribution in [0.25, 0.3) is 11.4 Å². The molecular weight excluding hydrogens is 310 g/mol. The maximum Gasteiger partial charge on any atom is 0.182 e. The van der Waals surface area contributed by atoms with E-state index in [1.165, 1.54) is 0 Å². The number of nitrogens with zero attached hydrogens (tertiary/aromatic N) is 3. The zero-order valence-electron chi connectivity index (χ0n) is 12.6. The number of rotatable bonds is 4. The lowest BCUT2D eigenvalue weighted by molar-refractivity contribution is 0.0972. The molecule has 2 heterocycles. The lowest BCUT2D eigenvalue weighted by Gasteiger charge is -2.12. The number of fused-ring (bicyclic) bond motifs is 1. The first kappa shape index (κ1) is 15.3. The number of benzene rings is 1. The summed E-state index contributed by atoms with van der Waals surface area (Å²) < 4.78 is 1.75. The van der Waals surface area contributed by atoms with Crippen LogP contribution in [0.3, 0.4) is 0 Å². The van der Waals surface area contributed by atoms with E-state index in [4.69, 9.17) is 16.9 Å². The highest BCUT2D eigenvalue weighted by atomic mass is 35.5. The van der Waals surface area contributed by atoms with Crippen LogP contribution in [-0.4, -0.2) is 15.3 Å². The van der Waals surface area contributed by atoms with Gasteiger partial charge in [0.15, 0.2) is 5.78 Å². The van der Waals surface area contributed by atoms with Crippen molar-refractivity contribution in [3.8, 4) is 17.5 Å². The second kappa shape index (κ2) is 6.23. The fourth-order valence-corrected chi connectivity index (χ4v) is 2.89. The SMILES string of the molecule is Cc1nc2n(CC(=O)c3ccccc3)cc(Cl)cc-2c1CC#N. The summed E-state index contributed by atoms with van der Waals surface area (Å²) in [6.45, 7) is 2.02. The Labute approximate surface area is 139 Å². The average molecular weight is 324 g/mol. The molecule has 0 unspecified atom stereocenters. The maximum atomic E-state index is 12.4. The topological polar surface area (TPSA) is 58.7 Å². The van der Waals surface area contributed by atoms with Crippen molar-refractivity contribution < 1.29 is 4.79 Å². The van der Waals surface area contributed by atoms with E-state index >= 15 is 0 Å². The number of pyridine rings is 1. The van der Waals surface area contributed by atoms with Gasteiger partial charge in [-0.1, -0.05) is 41.9 Å². The first-order chi connectivity index (χ1) is 11.1. The second-order valence-corrected chi connectivity index (χ2v) is 5.76. The first-order valence-corrected chi connectivity index (χ1v) is 7.58. The molecule has 0 aromatic heterocycles. The smallest absolute Gasteiger partial charge is 0.182 e. The summed E-state index contributed by atoms with van der Waals surface area (Å²) in [4.78, 5) is 17.0. The summed E-state index contributed by atoms with van der Waals surface area (Å²) in [5.41, 5.74) is 3.14. The molecule has 1 aromatic carbocycles. The lowest BCUT2D eigenvalue weighted by Crippen LogP contribution is -2.13. The van der Waals surface area contributed by atoms with Gasteiger partial charge in [0.2, 0.25) is 0 Å². The molecule has 0 fully saturated rings. The first-order valence-electron chi connectivity index (χ1n) is 7.20. The molecule has 4 nitrogen and oxygen atoms in total. The Kier molecular flexibility index (Phi) is 4.14. The van der Waals surface area contributed by atoms with Crippen LogP contribution in [0.5, 0.6) is 0 Å². The fourth-order valence-electron chi connectivity index (χ4n) is 2.66. The minimum Gasteiger partial charge on any atom is -0.323 e. The fraction of sp³-hybridized carbons (Fsp3) is 0.167. The number of carbonyl (C=O) groups is 1. The van der Waals surface area contributed by atoms with Gasteiger partial charge >= 0.3 is 0 Å². The number of carbonyl (C=O) groups excluding carboxylic acids is 1. The van der Waals surface area contributed by atoms with Crippen LogP contribution in [-0.2, 0) is 13.0 Å². The molecule has 0 radical (unpaired) electrons. The van der Waals surface area contributed by atoms with Gasteiger partial charge in [-0.3, -0.25) is 4.79 Å². The quantitative estimate of drug-likeness (QED) is 0.684. The Bertz CT molecular complexity index is 877. The molecule has 1 aromatic rings. The monoisotopic (exact) mass is 323 g/mol. The zero-order chi connectivity index (χ0) is 16.4. The van der Waals surface area contributed by atoms with Crippen molar-refractivity contribution >= 4 is 17.4 Å². The van der Waals surface area contributed by atoms with E-state index in [1.807, 2.05) is 25.1 Å². The lowest BCUT2D eigenvalue weighted by atomic mass is 10.1. The normalized spacial score (nSPS) is 10.7. The van der Waals surface area contributed by atoms with Gasteiger partial charge in [-0.05, 0) is 18.6 Å². The van der Waals surface area contributed by atoms with Crippen molar-refractivity contribution in [3.63, 3.8) is 0 Å². The van der Waals surface area contributed by atoms with E-state index in [0.717, 1.165) is 16.8 Å². The molecular formula is C18H14ClN3O. The number of aryl methyl sites for hydroxylation is 1. The van der Waals surface area contributed by atoms with Crippen LogP contribution in [0, 0.1) is 18.3 Å². The standard InChI is InChI=1S/C18H14ClN3O/c1-12-15(7-8-20)16-9-14(19)10-22(18(16)21-12)11-17(23)13-5-3-2-4-6-13/h2-6,9-10H,7,11H2,1H3. The number of ketones is 1. The second-order valence-electron chi connectivity index (χ2n) is 5.32. The number of Topliss-reactive ketones (excluding diaryl/α,β-unsaturated/α-hetero) is 1. The third-order valence-corrected chi connectivity index (χ3v) is 3.98. The summed E-state index contributed by atoms with van der Waals surface area (Å²) >= 11 is 6.19. The molecule has 5 heteroatoms. The molecule has 3 rings (SSSR count). The minimum atomic E-state index is -0.0124. The van der Waals surface area contributed by atoms with E-state index in [9.17, 15) is 4.79 Å². The van der Waals surface area contributed by atoms with Gasteiger partial charge < -0.3 is 4.57 Å². The number of halogens is 1. The molecule has 0 amide bonds. The van der Waals surface area contributed by atoms with Crippen molar-refractivity contribution in [2.45, 2.75) is 19.9 Å². The molecule has 0 atom stereocenters. The third-order valence-electron chi connectivity index (χ3n) is 3.78. The molecule has 114 valence electrons. The number of hydrogen-bond donors (Lipinski definition) is 0. The minimum absolute atomic E-state index is 0.0124. The van der Waals surface area contributed by atoms with Crippen LogP contribution in [0.4, 0.5) is 0 Å². The number of aromatic nitrogens is 2. The van der Waals surface area contributed by atoms with Gasteiger partial charge in [0.25, 0.3) is 0 Å². The molecule has 23 heavy (non-hydrogen) atoms. The molecule has 0 saturated carbocycles. The molecule has 0 saturated heterocycles. The largest absolute Gasteiger partial charge is 0.323 e. The van der Waals surface area contributed by atoms with Gasteiger partial charge in [0.1, 0.15) is 5.82 Å². The highest BCUT2D eigenvalue weighted by Crippen LogP contribution is 2.31. The van der Waals surface area contributed by atoms with E-state index in [-0.39, 0.29) is 18.7 Å². The third kappa shape index (κ3) is 2.96. The predicted molar refractivity (Wildman–Crippen MR) is 88.7 cm³/mol. The van der Waals surface area contributed by atoms with Crippen molar-refractivity contribution in [2.24, 2.45) is 0 Å². The van der Waals surface area contributed by atoms with Gasteiger partial charge in [0.05, 0.1) is 24.1 Å². The Morgan fingerprint density at radius 3 is 2.78 bits per heavy atom. The highest BCUT2D eigenvalue weighted by Gasteiger charge is 2.20.